The minimum absolute atomic E-state index is 0.180. The first-order valence-electron chi connectivity index (χ1n) is 6.19. The standard InChI is InChI=1S/C11H24N2O2S/c1-3-4-10(2)9-16(14,15)13-7-5-11(12)6-8-13/h10-11H,3-9,12H2,1-2H3. The fraction of sp³-hybridized carbons (Fsp3) is 1.00. The molecule has 0 amide bonds. The van der Waals surface area contributed by atoms with Crippen LogP contribution in [0.15, 0.2) is 0 Å². The smallest absolute Gasteiger partial charge is 0.214 e. The minimum Gasteiger partial charge on any atom is -0.328 e. The van der Waals surface area contributed by atoms with Crippen molar-refractivity contribution < 1.29 is 8.42 Å². The molecule has 1 rings (SSSR count). The van der Waals surface area contributed by atoms with Gasteiger partial charge in [-0.3, -0.25) is 0 Å². The normalized spacial score (nSPS) is 22.2. The van der Waals surface area contributed by atoms with E-state index in [4.69, 9.17) is 5.73 Å². The van der Waals surface area contributed by atoms with E-state index in [-0.39, 0.29) is 17.7 Å². The molecule has 1 aliphatic heterocycles. The molecule has 1 fully saturated rings. The second-order valence-electron chi connectivity index (χ2n) is 4.91. The van der Waals surface area contributed by atoms with Gasteiger partial charge in [0.1, 0.15) is 0 Å². The van der Waals surface area contributed by atoms with Gasteiger partial charge in [0, 0.05) is 19.1 Å². The average Bonchev–Trinajstić information content (AvgIpc) is 2.17. The molecule has 0 aromatic carbocycles. The summed E-state index contributed by atoms with van der Waals surface area (Å²) in [5.74, 6) is 0.543. The van der Waals surface area contributed by atoms with Gasteiger partial charge in [0.05, 0.1) is 5.75 Å². The highest BCUT2D eigenvalue weighted by Gasteiger charge is 2.27. The Morgan fingerprint density at radius 3 is 2.44 bits per heavy atom. The highest BCUT2D eigenvalue weighted by Crippen LogP contribution is 2.17. The van der Waals surface area contributed by atoms with Crippen LogP contribution >= 0.6 is 0 Å². The third kappa shape index (κ3) is 4.03. The van der Waals surface area contributed by atoms with Gasteiger partial charge in [-0.25, -0.2) is 12.7 Å². The summed E-state index contributed by atoms with van der Waals surface area (Å²) >= 11 is 0. The lowest BCUT2D eigenvalue weighted by Crippen LogP contribution is -2.44. The van der Waals surface area contributed by atoms with E-state index in [1.165, 1.54) is 0 Å². The van der Waals surface area contributed by atoms with Crippen LogP contribution in [0.2, 0.25) is 0 Å². The van der Waals surface area contributed by atoms with Gasteiger partial charge >= 0.3 is 0 Å². The molecule has 0 saturated carbocycles. The summed E-state index contributed by atoms with van der Waals surface area (Å²) < 4.78 is 25.7. The molecule has 0 aromatic heterocycles. The van der Waals surface area contributed by atoms with Crippen molar-refractivity contribution in [3.05, 3.63) is 0 Å². The number of piperidine rings is 1. The fourth-order valence-electron chi connectivity index (χ4n) is 2.20. The molecule has 1 atom stereocenters. The fourth-order valence-corrected chi connectivity index (χ4v) is 4.06. The highest BCUT2D eigenvalue weighted by molar-refractivity contribution is 7.89. The molecule has 1 aliphatic rings. The molecular weight excluding hydrogens is 224 g/mol. The van der Waals surface area contributed by atoms with Gasteiger partial charge in [-0.15, -0.1) is 0 Å². The Balaban J connectivity index is 2.50. The number of hydrogen-bond donors (Lipinski definition) is 1. The molecular formula is C11H24N2O2S. The molecule has 0 radical (unpaired) electrons. The molecule has 1 heterocycles. The van der Waals surface area contributed by atoms with E-state index in [1.807, 2.05) is 6.92 Å². The van der Waals surface area contributed by atoms with Gasteiger partial charge in [-0.1, -0.05) is 20.3 Å². The van der Waals surface area contributed by atoms with Gasteiger partial charge in [-0.05, 0) is 25.2 Å². The number of nitrogens with two attached hydrogens (primary N) is 1. The second-order valence-corrected chi connectivity index (χ2v) is 6.92. The van der Waals surface area contributed by atoms with E-state index in [0.717, 1.165) is 25.7 Å². The summed E-state index contributed by atoms with van der Waals surface area (Å²) in [6, 6.07) is 0.180. The van der Waals surface area contributed by atoms with Crippen LogP contribution < -0.4 is 5.73 Å². The van der Waals surface area contributed by atoms with Crippen LogP contribution in [0.5, 0.6) is 0 Å². The molecule has 16 heavy (non-hydrogen) atoms. The SMILES string of the molecule is CCCC(C)CS(=O)(=O)N1CCC(N)CC1. The lowest BCUT2D eigenvalue weighted by Gasteiger charge is -2.30. The van der Waals surface area contributed by atoms with Crippen molar-refractivity contribution in [1.82, 2.24) is 4.31 Å². The molecule has 0 spiro atoms. The van der Waals surface area contributed by atoms with Crippen LogP contribution in [0.4, 0.5) is 0 Å². The second kappa shape index (κ2) is 5.98. The third-order valence-electron chi connectivity index (χ3n) is 3.17. The van der Waals surface area contributed by atoms with E-state index in [1.54, 1.807) is 4.31 Å². The summed E-state index contributed by atoms with van der Waals surface area (Å²) in [6.45, 7) is 5.30. The van der Waals surface area contributed by atoms with Gasteiger partial charge < -0.3 is 5.73 Å². The van der Waals surface area contributed by atoms with Crippen LogP contribution in [0.3, 0.4) is 0 Å². The van der Waals surface area contributed by atoms with Crippen LogP contribution in [-0.2, 0) is 10.0 Å². The van der Waals surface area contributed by atoms with Crippen LogP contribution in [-0.4, -0.2) is 37.6 Å². The Labute approximate surface area is 99.2 Å². The number of hydrogen-bond acceptors (Lipinski definition) is 3. The van der Waals surface area contributed by atoms with E-state index in [0.29, 0.717) is 13.1 Å². The van der Waals surface area contributed by atoms with Crippen LogP contribution in [0.25, 0.3) is 0 Å². The van der Waals surface area contributed by atoms with Gasteiger partial charge in [0.15, 0.2) is 0 Å². The Kier molecular flexibility index (Phi) is 5.21. The predicted octanol–water partition coefficient (Wildman–Crippen LogP) is 1.18. The zero-order valence-electron chi connectivity index (χ0n) is 10.4. The van der Waals surface area contributed by atoms with Gasteiger partial charge in [0.25, 0.3) is 0 Å². The summed E-state index contributed by atoms with van der Waals surface area (Å²) in [7, 11) is -3.05. The third-order valence-corrected chi connectivity index (χ3v) is 5.31. The van der Waals surface area contributed by atoms with E-state index in [9.17, 15) is 8.42 Å². The van der Waals surface area contributed by atoms with Crippen molar-refractivity contribution in [3.8, 4) is 0 Å². The van der Waals surface area contributed by atoms with E-state index >= 15 is 0 Å². The first-order chi connectivity index (χ1) is 7.45. The Morgan fingerprint density at radius 1 is 1.38 bits per heavy atom. The first-order valence-corrected chi connectivity index (χ1v) is 7.80. The molecule has 0 bridgehead atoms. The average molecular weight is 248 g/mol. The summed E-state index contributed by atoms with van der Waals surface area (Å²) in [5.41, 5.74) is 5.77. The van der Waals surface area contributed by atoms with E-state index in [2.05, 4.69) is 6.92 Å². The lowest BCUT2D eigenvalue weighted by molar-refractivity contribution is 0.317. The molecule has 0 aliphatic carbocycles. The van der Waals surface area contributed by atoms with Crippen LogP contribution in [0.1, 0.15) is 39.5 Å². The molecule has 0 aromatic rings. The molecule has 2 N–H and O–H groups in total. The highest BCUT2D eigenvalue weighted by atomic mass is 32.2. The number of nitrogens with zero attached hydrogens (tertiary/aromatic N) is 1. The predicted molar refractivity (Wildman–Crippen MR) is 66.6 cm³/mol. The van der Waals surface area contributed by atoms with Crippen molar-refractivity contribution in [2.75, 3.05) is 18.8 Å². The topological polar surface area (TPSA) is 63.4 Å². The Morgan fingerprint density at radius 2 is 1.94 bits per heavy atom. The monoisotopic (exact) mass is 248 g/mol. The Hall–Kier alpha value is -0.130. The number of rotatable bonds is 5. The van der Waals surface area contributed by atoms with Crippen LogP contribution in [0, 0.1) is 5.92 Å². The van der Waals surface area contributed by atoms with Crippen molar-refractivity contribution >= 4 is 10.0 Å². The molecule has 1 unspecified atom stereocenters. The summed E-state index contributed by atoms with van der Waals surface area (Å²) in [4.78, 5) is 0. The summed E-state index contributed by atoms with van der Waals surface area (Å²) in [5, 5.41) is 0. The minimum atomic E-state index is -3.05. The molecule has 5 heteroatoms. The lowest BCUT2D eigenvalue weighted by atomic mass is 10.1. The summed E-state index contributed by atoms with van der Waals surface area (Å²) in [6.07, 6.45) is 3.61. The van der Waals surface area contributed by atoms with Crippen molar-refractivity contribution in [2.24, 2.45) is 11.7 Å². The van der Waals surface area contributed by atoms with Gasteiger partial charge in [-0.2, -0.15) is 0 Å². The zero-order valence-corrected chi connectivity index (χ0v) is 11.2. The maximum atomic E-state index is 12.1. The number of sulfonamides is 1. The molecule has 1 saturated heterocycles. The van der Waals surface area contributed by atoms with Gasteiger partial charge in [0.2, 0.25) is 10.0 Å². The molecule has 4 nitrogen and oxygen atoms in total. The van der Waals surface area contributed by atoms with Crippen molar-refractivity contribution in [2.45, 2.75) is 45.6 Å². The Bertz CT molecular complexity index is 295. The zero-order chi connectivity index (χ0) is 12.2. The maximum absolute atomic E-state index is 12.1. The first kappa shape index (κ1) is 13.9. The van der Waals surface area contributed by atoms with Crippen molar-refractivity contribution in [3.63, 3.8) is 0 Å². The quantitative estimate of drug-likeness (QED) is 0.794. The maximum Gasteiger partial charge on any atom is 0.214 e. The largest absolute Gasteiger partial charge is 0.328 e. The molecule has 96 valence electrons. The van der Waals surface area contributed by atoms with Crippen molar-refractivity contribution in [1.29, 1.82) is 0 Å². The van der Waals surface area contributed by atoms with E-state index < -0.39 is 10.0 Å².